The van der Waals surface area contributed by atoms with Crippen molar-refractivity contribution < 1.29 is 9.53 Å². The van der Waals surface area contributed by atoms with Gasteiger partial charge in [-0.2, -0.15) is 0 Å². The second-order valence-corrected chi connectivity index (χ2v) is 4.13. The summed E-state index contributed by atoms with van der Waals surface area (Å²) < 4.78 is 5.33. The van der Waals surface area contributed by atoms with E-state index in [9.17, 15) is 4.79 Å². The van der Waals surface area contributed by atoms with Gasteiger partial charge >= 0.3 is 0 Å². The lowest BCUT2D eigenvalue weighted by atomic mass is 10.2. The number of likely N-dealkylation sites (N-methyl/N-ethyl adjacent to an activating group) is 1. The maximum Gasteiger partial charge on any atom is 0.251 e. The van der Waals surface area contributed by atoms with Gasteiger partial charge in [0.2, 0.25) is 0 Å². The van der Waals surface area contributed by atoms with E-state index in [1.165, 1.54) is 0 Å². The molecule has 0 saturated carbocycles. The number of amides is 1. The van der Waals surface area contributed by atoms with Crippen LogP contribution in [0.1, 0.15) is 31.1 Å². The number of benzene rings is 1. The standard InChI is InChI=1S/C14H22N2O2.ClH/c1-4-15-11(3)10-16-14(17)12-6-8-13(9-7-12)18-5-2;/h6-9,11,15H,4-5,10H2,1-3H3,(H,16,17);1H/t11-;/m1./s1. The summed E-state index contributed by atoms with van der Waals surface area (Å²) in [5.74, 6) is 0.734. The molecular formula is C14H23ClN2O2. The van der Waals surface area contributed by atoms with Crippen molar-refractivity contribution in [1.82, 2.24) is 10.6 Å². The van der Waals surface area contributed by atoms with Crippen LogP contribution in [0.15, 0.2) is 24.3 Å². The summed E-state index contributed by atoms with van der Waals surface area (Å²) in [6.45, 7) is 8.18. The van der Waals surface area contributed by atoms with Crippen molar-refractivity contribution in [2.24, 2.45) is 0 Å². The van der Waals surface area contributed by atoms with Crippen LogP contribution in [0.5, 0.6) is 5.75 Å². The molecule has 0 spiro atoms. The first kappa shape index (κ1) is 17.7. The van der Waals surface area contributed by atoms with E-state index in [0.29, 0.717) is 18.7 Å². The average Bonchev–Trinajstić information content (AvgIpc) is 2.37. The minimum absolute atomic E-state index is 0. The Bertz CT molecular complexity index is 368. The third-order valence-corrected chi connectivity index (χ3v) is 2.55. The fourth-order valence-corrected chi connectivity index (χ4v) is 1.64. The second-order valence-electron chi connectivity index (χ2n) is 4.13. The highest BCUT2D eigenvalue weighted by molar-refractivity contribution is 5.94. The first-order valence-corrected chi connectivity index (χ1v) is 6.41. The summed E-state index contributed by atoms with van der Waals surface area (Å²) in [6, 6.07) is 7.45. The molecule has 0 radical (unpaired) electrons. The molecule has 5 heteroatoms. The van der Waals surface area contributed by atoms with Gasteiger partial charge in [0.1, 0.15) is 5.75 Å². The van der Waals surface area contributed by atoms with E-state index in [2.05, 4.69) is 10.6 Å². The van der Waals surface area contributed by atoms with Gasteiger partial charge in [-0.05, 0) is 44.7 Å². The smallest absolute Gasteiger partial charge is 0.251 e. The average molecular weight is 287 g/mol. The third-order valence-electron chi connectivity index (χ3n) is 2.55. The van der Waals surface area contributed by atoms with Crippen molar-refractivity contribution in [2.45, 2.75) is 26.8 Å². The van der Waals surface area contributed by atoms with Crippen molar-refractivity contribution in [3.63, 3.8) is 0 Å². The molecule has 19 heavy (non-hydrogen) atoms. The molecule has 0 saturated heterocycles. The normalized spacial score (nSPS) is 11.3. The summed E-state index contributed by atoms with van der Waals surface area (Å²) >= 11 is 0. The maximum atomic E-state index is 11.8. The zero-order valence-corrected chi connectivity index (χ0v) is 12.5. The number of nitrogens with one attached hydrogen (secondary N) is 2. The van der Waals surface area contributed by atoms with E-state index in [1.54, 1.807) is 12.1 Å². The molecular weight excluding hydrogens is 264 g/mol. The molecule has 0 fully saturated rings. The van der Waals surface area contributed by atoms with Crippen molar-refractivity contribution >= 4 is 18.3 Å². The van der Waals surface area contributed by atoms with Crippen LogP contribution in [0.25, 0.3) is 0 Å². The van der Waals surface area contributed by atoms with Gasteiger partial charge in [0, 0.05) is 18.2 Å². The molecule has 0 aliphatic carbocycles. The van der Waals surface area contributed by atoms with E-state index < -0.39 is 0 Å². The summed E-state index contributed by atoms with van der Waals surface area (Å²) in [7, 11) is 0. The van der Waals surface area contributed by atoms with E-state index in [4.69, 9.17) is 4.74 Å². The van der Waals surface area contributed by atoms with Crippen LogP contribution in [-0.2, 0) is 0 Å². The molecule has 1 rings (SSSR count). The molecule has 1 aromatic carbocycles. The zero-order chi connectivity index (χ0) is 13.4. The highest BCUT2D eigenvalue weighted by Gasteiger charge is 2.07. The SMILES string of the molecule is CCN[C@H](C)CNC(=O)c1ccc(OCC)cc1.Cl. The molecule has 1 amide bonds. The van der Waals surface area contributed by atoms with Crippen molar-refractivity contribution in [1.29, 1.82) is 0 Å². The molecule has 0 heterocycles. The Morgan fingerprint density at radius 1 is 1.26 bits per heavy atom. The van der Waals surface area contributed by atoms with Crippen LogP contribution in [0.3, 0.4) is 0 Å². The van der Waals surface area contributed by atoms with Gasteiger partial charge in [-0.15, -0.1) is 12.4 Å². The van der Waals surface area contributed by atoms with Gasteiger partial charge in [-0.3, -0.25) is 4.79 Å². The van der Waals surface area contributed by atoms with Crippen LogP contribution in [0.4, 0.5) is 0 Å². The highest BCUT2D eigenvalue weighted by atomic mass is 35.5. The number of hydrogen-bond acceptors (Lipinski definition) is 3. The lowest BCUT2D eigenvalue weighted by molar-refractivity contribution is 0.0950. The number of carbonyl (C=O) groups excluding carboxylic acids is 1. The quantitative estimate of drug-likeness (QED) is 0.808. The van der Waals surface area contributed by atoms with Crippen LogP contribution < -0.4 is 15.4 Å². The number of hydrogen-bond donors (Lipinski definition) is 2. The highest BCUT2D eigenvalue weighted by Crippen LogP contribution is 2.11. The van der Waals surface area contributed by atoms with Gasteiger partial charge in [-0.1, -0.05) is 6.92 Å². The maximum absolute atomic E-state index is 11.8. The Morgan fingerprint density at radius 2 is 1.89 bits per heavy atom. The Hall–Kier alpha value is -1.26. The number of carbonyl (C=O) groups is 1. The first-order chi connectivity index (χ1) is 8.67. The van der Waals surface area contributed by atoms with E-state index >= 15 is 0 Å². The van der Waals surface area contributed by atoms with E-state index in [-0.39, 0.29) is 24.4 Å². The van der Waals surface area contributed by atoms with E-state index in [0.717, 1.165) is 12.3 Å². The van der Waals surface area contributed by atoms with Crippen molar-refractivity contribution in [2.75, 3.05) is 19.7 Å². The van der Waals surface area contributed by atoms with Gasteiger partial charge in [0.25, 0.3) is 5.91 Å². The molecule has 108 valence electrons. The first-order valence-electron chi connectivity index (χ1n) is 6.41. The predicted molar refractivity (Wildman–Crippen MR) is 80.3 cm³/mol. The molecule has 0 aliphatic heterocycles. The fourth-order valence-electron chi connectivity index (χ4n) is 1.64. The fraction of sp³-hybridized carbons (Fsp3) is 0.500. The van der Waals surface area contributed by atoms with Crippen LogP contribution >= 0.6 is 12.4 Å². The monoisotopic (exact) mass is 286 g/mol. The van der Waals surface area contributed by atoms with Crippen molar-refractivity contribution in [3.05, 3.63) is 29.8 Å². The van der Waals surface area contributed by atoms with Gasteiger partial charge in [-0.25, -0.2) is 0 Å². The van der Waals surface area contributed by atoms with Gasteiger partial charge < -0.3 is 15.4 Å². The van der Waals surface area contributed by atoms with E-state index in [1.807, 2.05) is 32.9 Å². The number of ether oxygens (including phenoxy) is 1. The number of rotatable bonds is 7. The Labute approximate surface area is 121 Å². The Morgan fingerprint density at radius 3 is 2.42 bits per heavy atom. The molecule has 2 N–H and O–H groups in total. The molecule has 1 atom stereocenters. The largest absolute Gasteiger partial charge is 0.494 e. The molecule has 0 aliphatic rings. The predicted octanol–water partition coefficient (Wildman–Crippen LogP) is 2.23. The summed E-state index contributed by atoms with van der Waals surface area (Å²) in [5, 5.41) is 6.14. The molecule has 0 aromatic heterocycles. The molecule has 1 aromatic rings. The zero-order valence-electron chi connectivity index (χ0n) is 11.7. The summed E-state index contributed by atoms with van der Waals surface area (Å²) in [5.41, 5.74) is 0.655. The Kier molecular flexibility index (Phi) is 9.00. The van der Waals surface area contributed by atoms with Crippen LogP contribution in [-0.4, -0.2) is 31.6 Å². The van der Waals surface area contributed by atoms with Crippen molar-refractivity contribution in [3.8, 4) is 5.75 Å². The lowest BCUT2D eigenvalue weighted by Gasteiger charge is -2.13. The van der Waals surface area contributed by atoms with Gasteiger partial charge in [0.05, 0.1) is 6.61 Å². The minimum Gasteiger partial charge on any atom is -0.494 e. The molecule has 4 nitrogen and oxygen atoms in total. The lowest BCUT2D eigenvalue weighted by Crippen LogP contribution is -2.38. The summed E-state index contributed by atoms with van der Waals surface area (Å²) in [4.78, 5) is 11.8. The van der Waals surface area contributed by atoms with Gasteiger partial charge in [0.15, 0.2) is 0 Å². The third kappa shape index (κ3) is 6.45. The van der Waals surface area contributed by atoms with Crippen LogP contribution in [0.2, 0.25) is 0 Å². The molecule has 0 unspecified atom stereocenters. The topological polar surface area (TPSA) is 50.4 Å². The minimum atomic E-state index is -0.0530. The second kappa shape index (κ2) is 9.64. The summed E-state index contributed by atoms with van der Waals surface area (Å²) in [6.07, 6.45) is 0. The molecule has 0 bridgehead atoms. The van der Waals surface area contributed by atoms with Crippen LogP contribution in [0, 0.1) is 0 Å². The Balaban J connectivity index is 0.00000324. The number of halogens is 1.